The van der Waals surface area contributed by atoms with Gasteiger partial charge in [0.2, 0.25) is 23.6 Å². The van der Waals surface area contributed by atoms with Crippen LogP contribution in [0.25, 0.3) is 0 Å². The van der Waals surface area contributed by atoms with E-state index in [0.29, 0.717) is 0 Å². The molecule has 0 spiro atoms. The molecule has 0 saturated carbocycles. The Morgan fingerprint density at radius 2 is 1.34 bits per heavy atom. The van der Waals surface area contributed by atoms with Crippen LogP contribution < -0.4 is 27.4 Å². The molecule has 4 atom stereocenters. The van der Waals surface area contributed by atoms with Crippen molar-refractivity contribution in [1.82, 2.24) is 16.0 Å². The van der Waals surface area contributed by atoms with Gasteiger partial charge in [-0.25, -0.2) is 4.79 Å². The summed E-state index contributed by atoms with van der Waals surface area (Å²) >= 11 is 0. The van der Waals surface area contributed by atoms with Crippen LogP contribution in [0.3, 0.4) is 0 Å². The third-order valence-corrected chi connectivity index (χ3v) is 3.53. The topological polar surface area (TPSA) is 251 Å². The Hall–Kier alpha value is -3.26. The van der Waals surface area contributed by atoms with Gasteiger partial charge in [-0.15, -0.1) is 0 Å². The first-order chi connectivity index (χ1) is 13.4. The van der Waals surface area contributed by atoms with Crippen molar-refractivity contribution in [2.45, 2.75) is 50.4 Å². The molecule has 0 fully saturated rings. The van der Waals surface area contributed by atoms with Gasteiger partial charge in [0.1, 0.15) is 18.1 Å². The van der Waals surface area contributed by atoms with Crippen LogP contribution in [-0.4, -0.2) is 81.7 Å². The fraction of sp³-hybridized carbons (Fsp3) is 0.600. The number of aliphatic hydroxyl groups excluding tert-OH is 1. The second kappa shape index (κ2) is 12.2. The second-order valence-electron chi connectivity index (χ2n) is 6.10. The zero-order valence-electron chi connectivity index (χ0n) is 15.6. The van der Waals surface area contributed by atoms with E-state index in [2.05, 4.69) is 10.6 Å². The van der Waals surface area contributed by atoms with Crippen LogP contribution in [0.2, 0.25) is 0 Å². The number of carbonyl (C=O) groups is 6. The molecule has 0 aliphatic heterocycles. The molecule has 14 nitrogen and oxygen atoms in total. The zero-order chi connectivity index (χ0) is 22.7. The Kier molecular flexibility index (Phi) is 10.9. The SMILES string of the molecule is CC(N)C(=O)NC(CCC(N)=O)C(=O)NC(CO)C(=O)NC(CC(=O)O)C(=O)O. The highest BCUT2D eigenvalue weighted by atomic mass is 16.4. The van der Waals surface area contributed by atoms with Crippen molar-refractivity contribution >= 4 is 35.6 Å². The normalized spacial score (nSPS) is 14.6. The number of aliphatic hydroxyl groups is 1. The van der Waals surface area contributed by atoms with E-state index >= 15 is 0 Å². The lowest BCUT2D eigenvalue weighted by molar-refractivity contribution is -0.147. The van der Waals surface area contributed by atoms with Crippen LogP contribution >= 0.6 is 0 Å². The van der Waals surface area contributed by atoms with Crippen LogP contribution in [-0.2, 0) is 28.8 Å². The van der Waals surface area contributed by atoms with Crippen LogP contribution in [0.15, 0.2) is 0 Å². The summed E-state index contributed by atoms with van der Waals surface area (Å²) in [5.74, 6) is -6.75. The number of aliphatic carboxylic acids is 2. The summed E-state index contributed by atoms with van der Waals surface area (Å²) in [5, 5.41) is 33.2. The maximum absolute atomic E-state index is 12.4. The van der Waals surface area contributed by atoms with Gasteiger partial charge in [0.15, 0.2) is 0 Å². The van der Waals surface area contributed by atoms with Crippen molar-refractivity contribution in [3.8, 4) is 0 Å². The molecule has 0 saturated heterocycles. The van der Waals surface area contributed by atoms with Gasteiger partial charge >= 0.3 is 11.9 Å². The number of nitrogens with one attached hydrogen (secondary N) is 3. The van der Waals surface area contributed by atoms with Crippen molar-refractivity contribution in [1.29, 1.82) is 0 Å². The molecule has 0 aromatic carbocycles. The first-order valence-corrected chi connectivity index (χ1v) is 8.39. The summed E-state index contributed by atoms with van der Waals surface area (Å²) in [5.41, 5.74) is 10.4. The van der Waals surface area contributed by atoms with E-state index < -0.39 is 72.8 Å². The number of primary amides is 1. The number of rotatable bonds is 13. The van der Waals surface area contributed by atoms with Crippen molar-refractivity contribution in [3.63, 3.8) is 0 Å². The first kappa shape index (κ1) is 25.7. The Morgan fingerprint density at radius 1 is 0.862 bits per heavy atom. The van der Waals surface area contributed by atoms with Gasteiger partial charge in [-0.2, -0.15) is 0 Å². The van der Waals surface area contributed by atoms with E-state index in [9.17, 15) is 33.9 Å². The highest BCUT2D eigenvalue weighted by Gasteiger charge is 2.30. The van der Waals surface area contributed by atoms with Crippen LogP contribution in [0.5, 0.6) is 0 Å². The van der Waals surface area contributed by atoms with Crippen molar-refractivity contribution in [3.05, 3.63) is 0 Å². The summed E-state index contributed by atoms with van der Waals surface area (Å²) in [7, 11) is 0. The second-order valence-corrected chi connectivity index (χ2v) is 6.10. The first-order valence-electron chi connectivity index (χ1n) is 8.39. The van der Waals surface area contributed by atoms with E-state index in [1.54, 1.807) is 0 Å². The Morgan fingerprint density at radius 3 is 1.76 bits per heavy atom. The monoisotopic (exact) mass is 419 g/mol. The Balaban J connectivity index is 5.21. The number of nitrogens with two attached hydrogens (primary N) is 2. The molecule has 10 N–H and O–H groups in total. The van der Waals surface area contributed by atoms with Gasteiger partial charge < -0.3 is 42.7 Å². The lowest BCUT2D eigenvalue weighted by Gasteiger charge is -2.23. The molecule has 0 bridgehead atoms. The van der Waals surface area contributed by atoms with Crippen molar-refractivity contribution < 1.29 is 44.1 Å². The molecule has 164 valence electrons. The van der Waals surface area contributed by atoms with E-state index in [4.69, 9.17) is 21.7 Å². The molecule has 0 radical (unpaired) electrons. The van der Waals surface area contributed by atoms with E-state index in [0.717, 1.165) is 0 Å². The molecule has 29 heavy (non-hydrogen) atoms. The minimum absolute atomic E-state index is 0.226. The lowest BCUT2D eigenvalue weighted by Crippen LogP contribution is -2.58. The molecule has 4 amide bonds. The zero-order valence-corrected chi connectivity index (χ0v) is 15.6. The molecule has 0 heterocycles. The standard InChI is InChI=1S/C15H25N5O9/c1-6(16)12(25)18-7(2-3-10(17)22)13(26)20-9(5-21)14(27)19-8(15(28)29)4-11(23)24/h6-9,21H,2-5,16H2,1H3,(H2,17,22)(H,18,25)(H,19,27)(H,20,26)(H,23,24)(H,28,29). The van der Waals surface area contributed by atoms with E-state index in [-0.39, 0.29) is 12.8 Å². The van der Waals surface area contributed by atoms with Gasteiger partial charge in [0, 0.05) is 6.42 Å². The van der Waals surface area contributed by atoms with Crippen molar-refractivity contribution in [2.24, 2.45) is 11.5 Å². The van der Waals surface area contributed by atoms with Gasteiger partial charge in [-0.1, -0.05) is 0 Å². The Labute approximate surface area is 165 Å². The molecule has 0 aromatic heterocycles. The molecule has 14 heteroatoms. The van der Waals surface area contributed by atoms with E-state index in [1.165, 1.54) is 6.92 Å². The van der Waals surface area contributed by atoms with Crippen LogP contribution in [0.1, 0.15) is 26.2 Å². The van der Waals surface area contributed by atoms with Crippen LogP contribution in [0, 0.1) is 0 Å². The van der Waals surface area contributed by atoms with Crippen LogP contribution in [0.4, 0.5) is 0 Å². The van der Waals surface area contributed by atoms with E-state index in [1.807, 2.05) is 5.32 Å². The highest BCUT2D eigenvalue weighted by Crippen LogP contribution is 2.01. The number of hydrogen-bond donors (Lipinski definition) is 8. The highest BCUT2D eigenvalue weighted by molar-refractivity contribution is 5.94. The summed E-state index contributed by atoms with van der Waals surface area (Å²) in [6, 6.07) is -5.75. The van der Waals surface area contributed by atoms with Gasteiger partial charge in [0.25, 0.3) is 0 Å². The fourth-order valence-electron chi connectivity index (χ4n) is 1.97. The molecule has 0 aliphatic rings. The number of carbonyl (C=O) groups excluding carboxylic acids is 4. The number of hydrogen-bond acceptors (Lipinski definition) is 8. The third kappa shape index (κ3) is 10.0. The van der Waals surface area contributed by atoms with Gasteiger partial charge in [-0.05, 0) is 13.3 Å². The van der Waals surface area contributed by atoms with Gasteiger partial charge in [0.05, 0.1) is 19.1 Å². The average molecular weight is 419 g/mol. The summed E-state index contributed by atoms with van der Waals surface area (Å²) in [6.45, 7) is 0.387. The smallest absolute Gasteiger partial charge is 0.326 e. The maximum Gasteiger partial charge on any atom is 0.326 e. The molecule has 0 rings (SSSR count). The lowest BCUT2D eigenvalue weighted by atomic mass is 10.1. The molecule has 4 unspecified atom stereocenters. The largest absolute Gasteiger partial charge is 0.481 e. The maximum atomic E-state index is 12.4. The molecule has 0 aliphatic carbocycles. The number of carboxylic acids is 2. The number of carboxylic acid groups (broad SMARTS) is 2. The quantitative estimate of drug-likeness (QED) is 0.142. The average Bonchev–Trinajstić information content (AvgIpc) is 2.60. The third-order valence-electron chi connectivity index (χ3n) is 3.53. The summed E-state index contributed by atoms with van der Waals surface area (Å²) in [6.07, 6.45) is -1.44. The summed E-state index contributed by atoms with van der Waals surface area (Å²) < 4.78 is 0. The minimum atomic E-state index is -1.80. The van der Waals surface area contributed by atoms with Gasteiger partial charge in [-0.3, -0.25) is 24.0 Å². The minimum Gasteiger partial charge on any atom is -0.481 e. The summed E-state index contributed by atoms with van der Waals surface area (Å²) in [4.78, 5) is 68.8. The number of amides is 4. The Bertz CT molecular complexity index is 652. The molecular weight excluding hydrogens is 394 g/mol. The fourth-order valence-corrected chi connectivity index (χ4v) is 1.97. The molecule has 0 aromatic rings. The molecular formula is C15H25N5O9. The predicted octanol–water partition coefficient (Wildman–Crippen LogP) is -4.39. The van der Waals surface area contributed by atoms with Crippen molar-refractivity contribution in [2.75, 3.05) is 6.61 Å². The predicted molar refractivity (Wildman–Crippen MR) is 94.8 cm³/mol.